The lowest BCUT2D eigenvalue weighted by atomic mass is 10.3. The average Bonchev–Trinajstić information content (AvgIpc) is 2.32. The Bertz CT molecular complexity index is 412. The van der Waals surface area contributed by atoms with Gasteiger partial charge in [-0.15, -0.1) is 0 Å². The van der Waals surface area contributed by atoms with Gasteiger partial charge in [-0.1, -0.05) is 12.2 Å². The summed E-state index contributed by atoms with van der Waals surface area (Å²) in [5.74, 6) is 1.40. The Labute approximate surface area is 102 Å². The van der Waals surface area contributed by atoms with Crippen LogP contribution in [-0.2, 0) is 0 Å². The number of aromatic nitrogens is 1. The summed E-state index contributed by atoms with van der Waals surface area (Å²) in [6.07, 6.45) is 1.71. The number of likely N-dealkylation sites (N-methyl/N-ethyl adjacent to an activating group) is 1. The van der Waals surface area contributed by atoms with Gasteiger partial charge in [0.1, 0.15) is 11.6 Å². The van der Waals surface area contributed by atoms with Crippen LogP contribution in [0.4, 0.5) is 5.82 Å². The molecular weight excluding hydrogens is 278 g/mol. The van der Waals surface area contributed by atoms with Crippen molar-refractivity contribution in [2.75, 3.05) is 18.6 Å². The lowest BCUT2D eigenvalue weighted by Gasteiger charge is -2.19. The largest absolute Gasteiger partial charge is 0.488 e. The highest BCUT2D eigenvalue weighted by atomic mass is 79.9. The summed E-state index contributed by atoms with van der Waals surface area (Å²) in [5.41, 5.74) is 5.84. The van der Waals surface area contributed by atoms with Gasteiger partial charge in [0.25, 0.3) is 0 Å². The number of nitrogens with zero attached hydrogens (tertiary/aromatic N) is 2. The van der Waals surface area contributed by atoms with E-state index in [0.29, 0.717) is 23.2 Å². The maximum atomic E-state index is 5.84. The van der Waals surface area contributed by atoms with E-state index in [2.05, 4.69) is 20.9 Å². The molecule has 1 atom stereocenters. The third kappa shape index (κ3) is 1.97. The first-order valence-electron chi connectivity index (χ1n) is 4.41. The smallest absolute Gasteiger partial charge is 0.176 e. The van der Waals surface area contributed by atoms with Crippen molar-refractivity contribution >= 4 is 39.0 Å². The predicted molar refractivity (Wildman–Crippen MR) is 66.4 cm³/mol. The summed E-state index contributed by atoms with van der Waals surface area (Å²) in [6, 6.07) is 1.59. The second-order valence-corrected chi connectivity index (χ2v) is 4.62. The lowest BCUT2D eigenvalue weighted by molar-refractivity contribution is 0.317. The fraction of sp³-hybridized carbons (Fsp3) is 0.333. The fourth-order valence-electron chi connectivity index (χ4n) is 1.38. The second kappa shape index (κ2) is 4.03. The molecule has 1 aliphatic heterocycles. The van der Waals surface area contributed by atoms with Gasteiger partial charge in [0.2, 0.25) is 0 Å². The highest BCUT2D eigenvalue weighted by Gasteiger charge is 2.24. The summed E-state index contributed by atoms with van der Waals surface area (Å²) in [5, 5.41) is 0. The number of rotatable bonds is 0. The quantitative estimate of drug-likeness (QED) is 0.730. The fourth-order valence-corrected chi connectivity index (χ4v) is 1.84. The Hall–Kier alpha value is -0.720. The van der Waals surface area contributed by atoms with E-state index in [1.165, 1.54) is 0 Å². The van der Waals surface area contributed by atoms with Crippen LogP contribution in [0.15, 0.2) is 16.7 Å². The van der Waals surface area contributed by atoms with Crippen LogP contribution in [0.1, 0.15) is 0 Å². The van der Waals surface area contributed by atoms with Crippen LogP contribution in [0.3, 0.4) is 0 Å². The maximum absolute atomic E-state index is 5.84. The minimum atomic E-state index is -0.266. The van der Waals surface area contributed by atoms with Crippen molar-refractivity contribution in [3.8, 4) is 5.75 Å². The minimum absolute atomic E-state index is 0.266. The van der Waals surface area contributed by atoms with Crippen LogP contribution >= 0.6 is 28.1 Å². The lowest BCUT2D eigenvalue weighted by Crippen LogP contribution is -2.42. The molecular formula is C9H10BrN3OS. The van der Waals surface area contributed by atoms with E-state index in [1.807, 2.05) is 13.1 Å². The van der Waals surface area contributed by atoms with Crippen LogP contribution < -0.4 is 15.4 Å². The van der Waals surface area contributed by atoms with Gasteiger partial charge in [0.15, 0.2) is 11.6 Å². The van der Waals surface area contributed by atoms with Gasteiger partial charge in [0, 0.05) is 17.7 Å². The van der Waals surface area contributed by atoms with Crippen LogP contribution in [-0.4, -0.2) is 29.7 Å². The maximum Gasteiger partial charge on any atom is 0.176 e. The van der Waals surface area contributed by atoms with E-state index in [4.69, 9.17) is 22.7 Å². The van der Waals surface area contributed by atoms with Crippen LogP contribution in [0.2, 0.25) is 0 Å². The van der Waals surface area contributed by atoms with Gasteiger partial charge in [-0.05, 0) is 22.0 Å². The normalized spacial score (nSPS) is 20.6. The third-order valence-corrected chi connectivity index (χ3v) is 3.19. The second-order valence-electron chi connectivity index (χ2n) is 3.29. The topological polar surface area (TPSA) is 51.4 Å². The van der Waals surface area contributed by atoms with E-state index in [0.717, 1.165) is 4.47 Å². The molecule has 0 saturated carbocycles. The summed E-state index contributed by atoms with van der Waals surface area (Å²) < 4.78 is 6.41. The summed E-state index contributed by atoms with van der Waals surface area (Å²) >= 11 is 8.56. The highest BCUT2D eigenvalue weighted by Crippen LogP contribution is 2.30. The SMILES string of the molecule is CN1C(=S)[C@@H](N)COc2cc(Br)cnc21. The Morgan fingerprint density at radius 3 is 3.20 bits per heavy atom. The number of fused-ring (bicyclic) bond motifs is 1. The molecule has 0 fully saturated rings. The van der Waals surface area contributed by atoms with E-state index in [1.54, 1.807) is 11.1 Å². The van der Waals surface area contributed by atoms with Crippen molar-refractivity contribution in [3.05, 3.63) is 16.7 Å². The molecule has 2 N–H and O–H groups in total. The van der Waals surface area contributed by atoms with Gasteiger partial charge < -0.3 is 15.4 Å². The Balaban J connectivity index is 2.47. The molecule has 0 saturated heterocycles. The van der Waals surface area contributed by atoms with Crippen molar-refractivity contribution in [1.82, 2.24) is 4.98 Å². The number of halogens is 1. The first-order valence-corrected chi connectivity index (χ1v) is 5.61. The third-order valence-electron chi connectivity index (χ3n) is 2.18. The molecule has 0 bridgehead atoms. The molecule has 1 aromatic heterocycles. The molecule has 1 aliphatic rings. The van der Waals surface area contributed by atoms with E-state index in [9.17, 15) is 0 Å². The average molecular weight is 288 g/mol. The predicted octanol–water partition coefficient (Wildman–Crippen LogP) is 1.33. The van der Waals surface area contributed by atoms with E-state index < -0.39 is 0 Å². The van der Waals surface area contributed by atoms with Gasteiger partial charge in [0.05, 0.1) is 6.04 Å². The van der Waals surface area contributed by atoms with E-state index in [-0.39, 0.29) is 6.04 Å². The standard InChI is InChI=1S/C9H10BrN3OS/c1-13-8-7(2-5(10)3-12-8)14-4-6(11)9(13)15/h2-3,6H,4,11H2,1H3/t6-/m0/s1. The molecule has 2 rings (SSSR count). The van der Waals surface area contributed by atoms with Crippen molar-refractivity contribution in [3.63, 3.8) is 0 Å². The molecule has 0 radical (unpaired) electrons. The molecule has 0 unspecified atom stereocenters. The number of ether oxygens (including phenoxy) is 1. The van der Waals surface area contributed by atoms with Crippen LogP contribution in [0.25, 0.3) is 0 Å². The molecule has 0 aliphatic carbocycles. The number of nitrogens with two attached hydrogens (primary N) is 1. The Kier molecular flexibility index (Phi) is 2.90. The Morgan fingerprint density at radius 2 is 2.47 bits per heavy atom. The minimum Gasteiger partial charge on any atom is -0.488 e. The van der Waals surface area contributed by atoms with Crippen LogP contribution in [0.5, 0.6) is 5.75 Å². The molecule has 6 heteroatoms. The summed E-state index contributed by atoms with van der Waals surface area (Å²) in [4.78, 5) is 6.68. The molecule has 0 spiro atoms. The van der Waals surface area contributed by atoms with Crippen molar-refractivity contribution in [1.29, 1.82) is 0 Å². The number of thiocarbonyl (C=S) groups is 1. The van der Waals surface area contributed by atoms with Crippen molar-refractivity contribution in [2.24, 2.45) is 5.73 Å². The Morgan fingerprint density at radius 1 is 1.73 bits per heavy atom. The summed E-state index contributed by atoms with van der Waals surface area (Å²) in [6.45, 7) is 0.383. The van der Waals surface area contributed by atoms with E-state index >= 15 is 0 Å². The molecule has 4 nitrogen and oxygen atoms in total. The van der Waals surface area contributed by atoms with Gasteiger partial charge in [-0.25, -0.2) is 4.98 Å². The zero-order chi connectivity index (χ0) is 11.0. The molecule has 15 heavy (non-hydrogen) atoms. The number of hydrogen-bond donors (Lipinski definition) is 1. The van der Waals surface area contributed by atoms with Crippen molar-refractivity contribution in [2.45, 2.75) is 6.04 Å². The number of pyridine rings is 1. The monoisotopic (exact) mass is 287 g/mol. The van der Waals surface area contributed by atoms with Crippen LogP contribution in [0, 0.1) is 0 Å². The first-order chi connectivity index (χ1) is 7.09. The zero-order valence-corrected chi connectivity index (χ0v) is 10.5. The first kappa shape index (κ1) is 10.8. The van der Waals surface area contributed by atoms with Gasteiger partial charge in [-0.3, -0.25) is 0 Å². The molecule has 2 heterocycles. The van der Waals surface area contributed by atoms with Crippen molar-refractivity contribution < 1.29 is 4.74 Å². The molecule has 0 aromatic carbocycles. The number of hydrogen-bond acceptors (Lipinski definition) is 4. The molecule has 1 aromatic rings. The zero-order valence-electron chi connectivity index (χ0n) is 8.11. The highest BCUT2D eigenvalue weighted by molar-refractivity contribution is 9.10. The summed E-state index contributed by atoms with van der Waals surface area (Å²) in [7, 11) is 1.84. The number of anilines is 1. The van der Waals surface area contributed by atoms with Gasteiger partial charge >= 0.3 is 0 Å². The molecule has 0 amide bonds. The molecule has 80 valence electrons. The van der Waals surface area contributed by atoms with Gasteiger partial charge in [-0.2, -0.15) is 0 Å².